The number of rotatable bonds is 3. The van der Waals surface area contributed by atoms with Crippen LogP contribution < -0.4 is 15.6 Å². The Morgan fingerprint density at radius 3 is 3.20 bits per heavy atom. The van der Waals surface area contributed by atoms with Gasteiger partial charge in [-0.3, -0.25) is 14.0 Å². The molecule has 7 heteroatoms. The van der Waals surface area contributed by atoms with E-state index in [2.05, 4.69) is 16.4 Å². The van der Waals surface area contributed by atoms with Gasteiger partial charge in [-0.2, -0.15) is 4.98 Å². The van der Waals surface area contributed by atoms with Gasteiger partial charge in [0, 0.05) is 24.2 Å². The van der Waals surface area contributed by atoms with Gasteiger partial charge in [0.25, 0.3) is 11.5 Å². The Morgan fingerprint density at radius 2 is 2.28 bits per heavy atom. The van der Waals surface area contributed by atoms with Gasteiger partial charge in [0.15, 0.2) is 4.96 Å². The van der Waals surface area contributed by atoms with Crippen LogP contribution in [-0.4, -0.2) is 28.4 Å². The SMILES string of the molecule is O=C(NC[C@@H]1CCOc2ccccc2C1)c1cc(=O)nc2sccn12. The third-order valence-corrected chi connectivity index (χ3v) is 5.12. The second-order valence-corrected chi connectivity index (χ2v) is 6.93. The van der Waals surface area contributed by atoms with Crippen molar-refractivity contribution in [2.75, 3.05) is 13.2 Å². The molecule has 4 rings (SSSR count). The maximum atomic E-state index is 12.6. The van der Waals surface area contributed by atoms with E-state index >= 15 is 0 Å². The number of nitrogens with zero attached hydrogens (tertiary/aromatic N) is 2. The maximum absolute atomic E-state index is 12.6. The molecule has 1 aliphatic rings. The molecule has 1 amide bonds. The largest absolute Gasteiger partial charge is 0.493 e. The highest BCUT2D eigenvalue weighted by atomic mass is 32.1. The second-order valence-electron chi connectivity index (χ2n) is 6.06. The standard InChI is InChI=1S/C18H17N3O3S/c22-16-10-14(21-6-8-25-18(21)20-16)17(23)19-11-12-5-7-24-15-4-2-1-3-13(15)9-12/h1-4,6,8,10,12H,5,7,9,11H2,(H,19,23)/t12-/m1/s1. The van der Waals surface area contributed by atoms with Crippen LogP contribution in [0.2, 0.25) is 0 Å². The molecule has 2 aromatic heterocycles. The summed E-state index contributed by atoms with van der Waals surface area (Å²) in [5, 5.41) is 4.76. The fourth-order valence-corrected chi connectivity index (χ4v) is 3.81. The van der Waals surface area contributed by atoms with Crippen LogP contribution in [0, 0.1) is 5.92 Å². The molecule has 0 radical (unpaired) electrons. The van der Waals surface area contributed by atoms with Gasteiger partial charge in [-0.15, -0.1) is 11.3 Å². The van der Waals surface area contributed by atoms with Crippen LogP contribution in [0.4, 0.5) is 0 Å². The number of carbonyl (C=O) groups excluding carboxylic acids is 1. The molecule has 0 bridgehead atoms. The second kappa shape index (κ2) is 6.68. The number of hydrogen-bond acceptors (Lipinski definition) is 5. The van der Waals surface area contributed by atoms with E-state index in [9.17, 15) is 9.59 Å². The van der Waals surface area contributed by atoms with E-state index < -0.39 is 5.56 Å². The van der Waals surface area contributed by atoms with E-state index in [-0.39, 0.29) is 5.91 Å². The molecule has 3 aromatic rings. The number of ether oxygens (including phenoxy) is 1. The summed E-state index contributed by atoms with van der Waals surface area (Å²) in [6, 6.07) is 9.29. The third kappa shape index (κ3) is 3.28. The number of amides is 1. The van der Waals surface area contributed by atoms with E-state index in [0.29, 0.717) is 29.7 Å². The van der Waals surface area contributed by atoms with Crippen molar-refractivity contribution in [3.05, 3.63) is 63.5 Å². The zero-order valence-electron chi connectivity index (χ0n) is 13.5. The molecule has 25 heavy (non-hydrogen) atoms. The van der Waals surface area contributed by atoms with Crippen LogP contribution in [-0.2, 0) is 6.42 Å². The first-order valence-corrected chi connectivity index (χ1v) is 9.04. The van der Waals surface area contributed by atoms with Crippen molar-refractivity contribution in [3.63, 3.8) is 0 Å². The lowest BCUT2D eigenvalue weighted by molar-refractivity contribution is 0.0939. The lowest BCUT2D eigenvalue weighted by Crippen LogP contribution is -2.32. The fraction of sp³-hybridized carbons (Fsp3) is 0.278. The highest BCUT2D eigenvalue weighted by molar-refractivity contribution is 7.15. The summed E-state index contributed by atoms with van der Waals surface area (Å²) >= 11 is 1.33. The van der Waals surface area contributed by atoms with Gasteiger partial charge in [0.1, 0.15) is 11.4 Å². The van der Waals surface area contributed by atoms with Crippen molar-refractivity contribution in [2.45, 2.75) is 12.8 Å². The predicted molar refractivity (Wildman–Crippen MR) is 95.4 cm³/mol. The molecule has 0 saturated heterocycles. The van der Waals surface area contributed by atoms with Crippen LogP contribution in [0.5, 0.6) is 5.75 Å². The molecule has 128 valence electrons. The summed E-state index contributed by atoms with van der Waals surface area (Å²) < 4.78 is 7.41. The first kappa shape index (κ1) is 15.8. The van der Waals surface area contributed by atoms with E-state index in [4.69, 9.17) is 4.74 Å². The Bertz CT molecular complexity index is 979. The number of para-hydroxylation sites is 1. The number of fused-ring (bicyclic) bond motifs is 2. The fourth-order valence-electron chi connectivity index (χ4n) is 3.09. The minimum atomic E-state index is -0.399. The van der Waals surface area contributed by atoms with Crippen molar-refractivity contribution in [1.82, 2.24) is 14.7 Å². The van der Waals surface area contributed by atoms with E-state index in [1.807, 2.05) is 18.2 Å². The monoisotopic (exact) mass is 355 g/mol. The average Bonchev–Trinajstić information content (AvgIpc) is 2.97. The van der Waals surface area contributed by atoms with Crippen LogP contribution in [0.1, 0.15) is 22.5 Å². The van der Waals surface area contributed by atoms with Crippen LogP contribution in [0.15, 0.2) is 46.7 Å². The number of hydrogen-bond donors (Lipinski definition) is 1. The molecule has 1 N–H and O–H groups in total. The molecule has 1 atom stereocenters. The van der Waals surface area contributed by atoms with Gasteiger partial charge < -0.3 is 10.1 Å². The van der Waals surface area contributed by atoms with Crippen molar-refractivity contribution in [1.29, 1.82) is 0 Å². The topological polar surface area (TPSA) is 72.7 Å². The zero-order valence-corrected chi connectivity index (χ0v) is 14.3. The van der Waals surface area contributed by atoms with Crippen LogP contribution >= 0.6 is 11.3 Å². The summed E-state index contributed by atoms with van der Waals surface area (Å²) in [4.78, 5) is 28.7. The zero-order chi connectivity index (χ0) is 17.2. The molecule has 0 saturated carbocycles. The Balaban J connectivity index is 1.48. The predicted octanol–water partition coefficient (Wildman–Crippen LogP) is 2.13. The molecule has 1 aromatic carbocycles. The number of aromatic nitrogens is 2. The minimum absolute atomic E-state index is 0.258. The van der Waals surface area contributed by atoms with Gasteiger partial charge in [-0.05, 0) is 30.4 Å². The molecule has 6 nitrogen and oxygen atoms in total. The molecule has 0 unspecified atom stereocenters. The molecule has 1 aliphatic heterocycles. The number of thiazole rings is 1. The molecule has 0 aliphatic carbocycles. The summed E-state index contributed by atoms with van der Waals surface area (Å²) in [6.45, 7) is 1.18. The van der Waals surface area contributed by atoms with Gasteiger partial charge in [-0.25, -0.2) is 0 Å². The minimum Gasteiger partial charge on any atom is -0.493 e. The molecule has 3 heterocycles. The van der Waals surface area contributed by atoms with Crippen LogP contribution in [0.3, 0.4) is 0 Å². The highest BCUT2D eigenvalue weighted by Crippen LogP contribution is 2.26. The quantitative estimate of drug-likeness (QED) is 0.781. The lowest BCUT2D eigenvalue weighted by Gasteiger charge is -2.15. The molecule has 0 spiro atoms. The molecular weight excluding hydrogens is 338 g/mol. The third-order valence-electron chi connectivity index (χ3n) is 4.36. The first-order valence-electron chi connectivity index (χ1n) is 8.16. The van der Waals surface area contributed by atoms with Crippen molar-refractivity contribution >= 4 is 22.2 Å². The number of nitrogens with one attached hydrogen (secondary N) is 1. The van der Waals surface area contributed by atoms with E-state index in [1.54, 1.807) is 16.0 Å². The highest BCUT2D eigenvalue weighted by Gasteiger charge is 2.19. The van der Waals surface area contributed by atoms with Crippen molar-refractivity contribution in [2.24, 2.45) is 5.92 Å². The van der Waals surface area contributed by atoms with E-state index in [0.717, 1.165) is 18.6 Å². The Hall–Kier alpha value is -2.67. The average molecular weight is 355 g/mol. The Labute approximate surface area is 148 Å². The summed E-state index contributed by atoms with van der Waals surface area (Å²) in [7, 11) is 0. The van der Waals surface area contributed by atoms with Gasteiger partial charge in [-0.1, -0.05) is 18.2 Å². The Kier molecular flexibility index (Phi) is 4.23. The molecular formula is C18H17N3O3S. The maximum Gasteiger partial charge on any atom is 0.274 e. The smallest absolute Gasteiger partial charge is 0.274 e. The number of carbonyl (C=O) groups is 1. The number of benzene rings is 1. The van der Waals surface area contributed by atoms with Gasteiger partial charge in [0.2, 0.25) is 0 Å². The van der Waals surface area contributed by atoms with Crippen molar-refractivity contribution in [3.8, 4) is 5.75 Å². The van der Waals surface area contributed by atoms with Crippen molar-refractivity contribution < 1.29 is 9.53 Å². The first-order chi connectivity index (χ1) is 12.2. The summed E-state index contributed by atoms with van der Waals surface area (Å²) in [6.07, 6.45) is 3.48. The normalized spacial score (nSPS) is 16.7. The van der Waals surface area contributed by atoms with Gasteiger partial charge in [0.05, 0.1) is 6.61 Å². The Morgan fingerprint density at radius 1 is 1.40 bits per heavy atom. The molecule has 0 fully saturated rings. The summed E-state index contributed by atoms with van der Waals surface area (Å²) in [5.74, 6) is 0.965. The lowest BCUT2D eigenvalue weighted by atomic mass is 9.97. The van der Waals surface area contributed by atoms with E-state index in [1.165, 1.54) is 23.0 Å². The van der Waals surface area contributed by atoms with Gasteiger partial charge >= 0.3 is 0 Å². The summed E-state index contributed by atoms with van der Waals surface area (Å²) in [5.41, 5.74) is 1.09. The van der Waals surface area contributed by atoms with Crippen LogP contribution in [0.25, 0.3) is 4.96 Å².